The van der Waals surface area contributed by atoms with E-state index in [1.165, 1.54) is 6.08 Å². The molecule has 4 rings (SSSR count). The Morgan fingerprint density at radius 2 is 1.49 bits per heavy atom. The summed E-state index contributed by atoms with van der Waals surface area (Å²) in [6.07, 6.45) is 4.74. The minimum atomic E-state index is -0.531. The van der Waals surface area contributed by atoms with Crippen molar-refractivity contribution in [3.05, 3.63) is 142 Å². The molecule has 0 aliphatic rings. The fourth-order valence-corrected chi connectivity index (χ4v) is 3.83. The van der Waals surface area contributed by atoms with Crippen molar-refractivity contribution in [2.45, 2.75) is 0 Å². The molecule has 0 saturated carbocycles. The van der Waals surface area contributed by atoms with Gasteiger partial charge in [-0.1, -0.05) is 60.1 Å². The second-order valence-electron chi connectivity index (χ2n) is 8.44. The standard InChI is InChI=1S/C32H25ClN2O4/c1-39-28-12-6-7-22(20-28)13-18-30(36)24-14-16-27(17-15-24)34-32(38)29(21-23-8-5-11-26(33)19-23)35-31(37)25-9-3-2-4-10-25/h2-21H,1H3,(H,34,38)(H,35,37)/b18-13+,29-21-. The van der Waals surface area contributed by atoms with Gasteiger partial charge in [-0.05, 0) is 83.9 Å². The van der Waals surface area contributed by atoms with E-state index in [1.807, 2.05) is 24.3 Å². The highest BCUT2D eigenvalue weighted by Gasteiger charge is 2.15. The summed E-state index contributed by atoms with van der Waals surface area (Å²) in [4.78, 5) is 38.6. The lowest BCUT2D eigenvalue weighted by molar-refractivity contribution is -0.113. The maximum atomic E-state index is 13.2. The first-order valence-electron chi connectivity index (χ1n) is 12.0. The molecule has 0 aliphatic carbocycles. The van der Waals surface area contributed by atoms with Gasteiger partial charge in [-0.25, -0.2) is 0 Å². The zero-order valence-electron chi connectivity index (χ0n) is 21.1. The maximum Gasteiger partial charge on any atom is 0.272 e. The Hall–Kier alpha value is -4.94. The number of anilines is 1. The summed E-state index contributed by atoms with van der Waals surface area (Å²) in [7, 11) is 1.58. The molecular weight excluding hydrogens is 512 g/mol. The van der Waals surface area contributed by atoms with Crippen LogP contribution in [0.1, 0.15) is 31.8 Å². The molecule has 39 heavy (non-hydrogen) atoms. The van der Waals surface area contributed by atoms with Crippen LogP contribution in [0.25, 0.3) is 12.2 Å². The molecule has 6 nitrogen and oxygen atoms in total. The molecule has 194 valence electrons. The second-order valence-corrected chi connectivity index (χ2v) is 8.88. The number of allylic oxidation sites excluding steroid dienone is 1. The van der Waals surface area contributed by atoms with Gasteiger partial charge < -0.3 is 15.4 Å². The molecule has 0 heterocycles. The number of nitrogens with one attached hydrogen (secondary N) is 2. The van der Waals surface area contributed by atoms with E-state index >= 15 is 0 Å². The molecule has 0 spiro atoms. The molecule has 0 radical (unpaired) electrons. The van der Waals surface area contributed by atoms with E-state index in [-0.39, 0.29) is 11.5 Å². The summed E-state index contributed by atoms with van der Waals surface area (Å²) < 4.78 is 5.20. The second kappa shape index (κ2) is 13.0. The van der Waals surface area contributed by atoms with Crippen molar-refractivity contribution in [2.75, 3.05) is 12.4 Å². The highest BCUT2D eigenvalue weighted by molar-refractivity contribution is 6.30. The van der Waals surface area contributed by atoms with Crippen LogP contribution in [0.3, 0.4) is 0 Å². The lowest BCUT2D eigenvalue weighted by Gasteiger charge is -2.12. The number of rotatable bonds is 9. The number of hydrogen-bond acceptors (Lipinski definition) is 4. The van der Waals surface area contributed by atoms with Gasteiger partial charge in [-0.2, -0.15) is 0 Å². The molecule has 0 aliphatic heterocycles. The smallest absolute Gasteiger partial charge is 0.272 e. The van der Waals surface area contributed by atoms with Crippen LogP contribution in [0.4, 0.5) is 5.69 Å². The summed E-state index contributed by atoms with van der Waals surface area (Å²) in [6, 6.07) is 29.4. The fourth-order valence-electron chi connectivity index (χ4n) is 3.64. The van der Waals surface area contributed by atoms with Crippen LogP contribution in [0, 0.1) is 0 Å². The Labute approximate surface area is 231 Å². The Morgan fingerprint density at radius 1 is 0.769 bits per heavy atom. The van der Waals surface area contributed by atoms with Gasteiger partial charge in [0.1, 0.15) is 11.4 Å². The molecule has 0 aromatic heterocycles. The van der Waals surface area contributed by atoms with Crippen LogP contribution in [0.15, 0.2) is 115 Å². The average Bonchev–Trinajstić information content (AvgIpc) is 2.96. The molecular formula is C32H25ClN2O4. The van der Waals surface area contributed by atoms with E-state index < -0.39 is 11.8 Å². The number of methoxy groups -OCH3 is 1. The third kappa shape index (κ3) is 7.77. The van der Waals surface area contributed by atoms with Crippen molar-refractivity contribution in [1.82, 2.24) is 5.32 Å². The average molecular weight is 537 g/mol. The van der Waals surface area contributed by atoms with Gasteiger partial charge in [0.25, 0.3) is 11.8 Å². The first kappa shape index (κ1) is 27.1. The summed E-state index contributed by atoms with van der Waals surface area (Å²) >= 11 is 6.10. The van der Waals surface area contributed by atoms with Crippen molar-refractivity contribution < 1.29 is 19.1 Å². The monoisotopic (exact) mass is 536 g/mol. The molecule has 4 aromatic carbocycles. The summed E-state index contributed by atoms with van der Waals surface area (Å²) in [5.41, 5.74) is 2.84. The lowest BCUT2D eigenvalue weighted by atomic mass is 10.1. The van der Waals surface area contributed by atoms with Crippen LogP contribution in [-0.2, 0) is 4.79 Å². The predicted molar refractivity (Wildman–Crippen MR) is 155 cm³/mol. The van der Waals surface area contributed by atoms with Crippen molar-refractivity contribution >= 4 is 47.0 Å². The molecule has 7 heteroatoms. The molecule has 0 unspecified atom stereocenters. The van der Waals surface area contributed by atoms with Gasteiger partial charge in [0.15, 0.2) is 5.78 Å². The number of halogens is 1. The summed E-state index contributed by atoms with van der Waals surface area (Å²) in [5.74, 6) is -0.445. The first-order chi connectivity index (χ1) is 18.9. The maximum absolute atomic E-state index is 13.2. The number of hydrogen-bond donors (Lipinski definition) is 2. The van der Waals surface area contributed by atoms with E-state index in [0.717, 1.165) is 5.56 Å². The van der Waals surface area contributed by atoms with Gasteiger partial charge in [-0.3, -0.25) is 14.4 Å². The highest BCUT2D eigenvalue weighted by atomic mass is 35.5. The Morgan fingerprint density at radius 3 is 2.21 bits per heavy atom. The molecule has 0 fully saturated rings. The van der Waals surface area contributed by atoms with Crippen molar-refractivity contribution in [2.24, 2.45) is 0 Å². The van der Waals surface area contributed by atoms with E-state index in [9.17, 15) is 14.4 Å². The van der Waals surface area contributed by atoms with Crippen molar-refractivity contribution in [3.63, 3.8) is 0 Å². The van der Waals surface area contributed by atoms with Gasteiger partial charge >= 0.3 is 0 Å². The summed E-state index contributed by atoms with van der Waals surface area (Å²) in [5, 5.41) is 5.96. The van der Waals surface area contributed by atoms with Crippen molar-refractivity contribution in [1.29, 1.82) is 0 Å². The van der Waals surface area contributed by atoms with Gasteiger partial charge in [0.05, 0.1) is 7.11 Å². The van der Waals surface area contributed by atoms with Crippen LogP contribution in [0.5, 0.6) is 5.75 Å². The first-order valence-corrected chi connectivity index (χ1v) is 12.4. The number of amides is 2. The zero-order valence-corrected chi connectivity index (χ0v) is 21.8. The van der Waals surface area contributed by atoms with Gasteiger partial charge in [0, 0.05) is 21.8 Å². The molecule has 2 N–H and O–H groups in total. The number of ether oxygens (including phenoxy) is 1. The SMILES string of the molecule is COc1cccc(/C=C/C(=O)c2ccc(NC(=O)/C(=C/c3cccc(Cl)c3)NC(=O)c3ccccc3)cc2)c1. The van der Waals surface area contributed by atoms with Crippen LogP contribution < -0.4 is 15.4 Å². The van der Waals surface area contributed by atoms with Crippen LogP contribution in [0.2, 0.25) is 5.02 Å². The Balaban J connectivity index is 1.48. The summed E-state index contributed by atoms with van der Waals surface area (Å²) in [6.45, 7) is 0. The number of carbonyl (C=O) groups is 3. The predicted octanol–water partition coefficient (Wildman–Crippen LogP) is 6.65. The normalized spacial score (nSPS) is 11.2. The van der Waals surface area contributed by atoms with Crippen LogP contribution >= 0.6 is 11.6 Å². The molecule has 0 saturated heterocycles. The Bertz CT molecular complexity index is 1540. The number of ketones is 1. The molecule has 4 aromatic rings. The van der Waals surface area contributed by atoms with E-state index in [4.69, 9.17) is 16.3 Å². The quantitative estimate of drug-likeness (QED) is 0.185. The van der Waals surface area contributed by atoms with E-state index in [0.29, 0.717) is 33.1 Å². The minimum Gasteiger partial charge on any atom is -0.497 e. The van der Waals surface area contributed by atoms with Gasteiger partial charge in [-0.15, -0.1) is 0 Å². The largest absolute Gasteiger partial charge is 0.497 e. The fraction of sp³-hybridized carbons (Fsp3) is 0.0312. The zero-order chi connectivity index (χ0) is 27.6. The minimum absolute atomic E-state index is 0.0347. The van der Waals surface area contributed by atoms with Gasteiger partial charge in [0.2, 0.25) is 0 Å². The van der Waals surface area contributed by atoms with Crippen LogP contribution in [-0.4, -0.2) is 24.7 Å². The number of benzene rings is 4. The Kier molecular flexibility index (Phi) is 9.06. The molecule has 0 bridgehead atoms. The van der Waals surface area contributed by atoms with E-state index in [1.54, 1.807) is 98.1 Å². The third-order valence-corrected chi connectivity index (χ3v) is 5.87. The number of carbonyl (C=O) groups excluding carboxylic acids is 3. The topological polar surface area (TPSA) is 84.5 Å². The van der Waals surface area contributed by atoms with E-state index in [2.05, 4.69) is 10.6 Å². The van der Waals surface area contributed by atoms with Crippen molar-refractivity contribution in [3.8, 4) is 5.75 Å². The highest BCUT2D eigenvalue weighted by Crippen LogP contribution is 2.17. The lowest BCUT2D eigenvalue weighted by Crippen LogP contribution is -2.30. The molecule has 0 atom stereocenters. The third-order valence-electron chi connectivity index (χ3n) is 5.64. The molecule has 2 amide bonds.